The molecule has 0 fully saturated rings. The van der Waals surface area contributed by atoms with Crippen molar-refractivity contribution in [2.75, 3.05) is 0 Å². The van der Waals surface area contributed by atoms with E-state index in [0.29, 0.717) is 4.88 Å². The largest absolute Gasteiger partial charge is 0.477 e. The van der Waals surface area contributed by atoms with E-state index >= 15 is 0 Å². The molecule has 106 valence electrons. The van der Waals surface area contributed by atoms with Crippen molar-refractivity contribution in [2.24, 2.45) is 0 Å². The van der Waals surface area contributed by atoms with Gasteiger partial charge in [0.05, 0.1) is 4.70 Å². The monoisotopic (exact) mass is 315 g/mol. The van der Waals surface area contributed by atoms with Crippen molar-refractivity contribution in [3.63, 3.8) is 0 Å². The highest BCUT2D eigenvalue weighted by molar-refractivity contribution is 7.99. The summed E-state index contributed by atoms with van der Waals surface area (Å²) in [6.45, 7) is 4.18. The van der Waals surface area contributed by atoms with Gasteiger partial charge in [-0.15, -0.1) is 11.3 Å². The molecule has 1 N–H and O–H groups in total. The van der Waals surface area contributed by atoms with Crippen LogP contribution in [0.2, 0.25) is 0 Å². The summed E-state index contributed by atoms with van der Waals surface area (Å²) < 4.78 is 0.904. The van der Waals surface area contributed by atoms with E-state index in [1.165, 1.54) is 22.5 Å². The fraction of sp³-hybridized carbons (Fsp3) is 0.125. The third-order valence-corrected chi connectivity index (χ3v) is 5.42. The number of nitrogens with zero attached hydrogens (tertiary/aromatic N) is 1. The first-order valence-electron chi connectivity index (χ1n) is 6.40. The second kappa shape index (κ2) is 5.50. The van der Waals surface area contributed by atoms with Gasteiger partial charge in [0.25, 0.3) is 0 Å². The molecule has 2 aromatic heterocycles. The first-order chi connectivity index (χ1) is 10.0. The Kier molecular flexibility index (Phi) is 3.69. The minimum absolute atomic E-state index is 0.347. The Morgan fingerprint density at radius 2 is 2.00 bits per heavy atom. The summed E-state index contributed by atoms with van der Waals surface area (Å²) in [5.41, 5.74) is 2.51. The highest BCUT2D eigenvalue weighted by Gasteiger charge is 2.12. The SMILES string of the molecule is Cc1ccc(Sc2cncc3sc(C(=O)O)cc23)cc1C. The van der Waals surface area contributed by atoms with Gasteiger partial charge in [-0.05, 0) is 43.2 Å². The number of pyridine rings is 1. The van der Waals surface area contributed by atoms with Crippen LogP contribution in [-0.2, 0) is 0 Å². The molecule has 3 aromatic rings. The molecule has 0 atom stereocenters. The zero-order valence-electron chi connectivity index (χ0n) is 11.6. The molecule has 0 amide bonds. The molecular formula is C16H13NO2S2. The van der Waals surface area contributed by atoms with Crippen LogP contribution in [0, 0.1) is 13.8 Å². The van der Waals surface area contributed by atoms with Crippen molar-refractivity contribution in [2.45, 2.75) is 23.6 Å². The second-order valence-corrected chi connectivity index (χ2v) is 7.01. The van der Waals surface area contributed by atoms with E-state index < -0.39 is 5.97 Å². The molecule has 0 unspecified atom stereocenters. The van der Waals surface area contributed by atoms with Crippen molar-refractivity contribution in [3.8, 4) is 0 Å². The topological polar surface area (TPSA) is 50.2 Å². The predicted octanol–water partition coefficient (Wildman–Crippen LogP) is 4.76. The molecular weight excluding hydrogens is 302 g/mol. The highest BCUT2D eigenvalue weighted by Crippen LogP contribution is 2.36. The molecule has 3 nitrogen and oxygen atoms in total. The molecule has 0 saturated heterocycles. The maximum atomic E-state index is 11.1. The van der Waals surface area contributed by atoms with Crippen molar-refractivity contribution >= 4 is 39.2 Å². The molecule has 0 aliphatic heterocycles. The quantitative estimate of drug-likeness (QED) is 0.757. The number of rotatable bonds is 3. The summed E-state index contributed by atoms with van der Waals surface area (Å²) in [5.74, 6) is -0.890. The molecule has 21 heavy (non-hydrogen) atoms. The molecule has 0 spiro atoms. The number of carboxylic acid groups (broad SMARTS) is 1. The number of carboxylic acids is 1. The van der Waals surface area contributed by atoms with E-state index in [4.69, 9.17) is 5.11 Å². The number of fused-ring (bicyclic) bond motifs is 1. The van der Waals surface area contributed by atoms with Crippen LogP contribution in [0.4, 0.5) is 0 Å². The van der Waals surface area contributed by atoms with Gasteiger partial charge < -0.3 is 5.11 Å². The lowest BCUT2D eigenvalue weighted by Gasteiger charge is -2.05. The Hall–Kier alpha value is -1.85. The summed E-state index contributed by atoms with van der Waals surface area (Å²) >= 11 is 2.88. The minimum Gasteiger partial charge on any atom is -0.477 e. The zero-order valence-corrected chi connectivity index (χ0v) is 13.2. The fourth-order valence-electron chi connectivity index (χ4n) is 2.03. The van der Waals surface area contributed by atoms with Crippen LogP contribution in [-0.4, -0.2) is 16.1 Å². The second-order valence-electron chi connectivity index (χ2n) is 4.81. The smallest absolute Gasteiger partial charge is 0.345 e. The van der Waals surface area contributed by atoms with E-state index in [0.717, 1.165) is 19.9 Å². The van der Waals surface area contributed by atoms with Crippen LogP contribution >= 0.6 is 23.1 Å². The molecule has 0 radical (unpaired) electrons. The predicted molar refractivity (Wildman–Crippen MR) is 86.6 cm³/mol. The minimum atomic E-state index is -0.890. The molecule has 2 heterocycles. The third-order valence-electron chi connectivity index (χ3n) is 3.33. The summed E-state index contributed by atoms with van der Waals surface area (Å²) in [6.07, 6.45) is 3.51. The van der Waals surface area contributed by atoms with Crippen molar-refractivity contribution < 1.29 is 9.90 Å². The summed E-state index contributed by atoms with van der Waals surface area (Å²) in [5, 5.41) is 10.1. The highest BCUT2D eigenvalue weighted by atomic mass is 32.2. The molecule has 5 heteroatoms. The van der Waals surface area contributed by atoms with Crippen molar-refractivity contribution in [1.82, 2.24) is 4.98 Å². The van der Waals surface area contributed by atoms with Crippen LogP contribution in [0.3, 0.4) is 0 Å². The van der Waals surface area contributed by atoms with Crippen molar-refractivity contribution in [1.29, 1.82) is 0 Å². The summed E-state index contributed by atoms with van der Waals surface area (Å²) in [6, 6.07) is 8.05. The maximum absolute atomic E-state index is 11.1. The van der Waals surface area contributed by atoms with Gasteiger partial charge in [0.2, 0.25) is 0 Å². The first-order valence-corrected chi connectivity index (χ1v) is 8.04. The van der Waals surface area contributed by atoms with Crippen LogP contribution < -0.4 is 0 Å². The van der Waals surface area contributed by atoms with Crippen LogP contribution in [0.25, 0.3) is 10.1 Å². The van der Waals surface area contributed by atoms with Gasteiger partial charge in [0.15, 0.2) is 0 Å². The molecule has 1 aromatic carbocycles. The zero-order chi connectivity index (χ0) is 15.0. The number of hydrogen-bond donors (Lipinski definition) is 1. The number of carbonyl (C=O) groups is 1. The molecule has 0 aliphatic rings. The van der Waals surface area contributed by atoms with Gasteiger partial charge in [-0.25, -0.2) is 4.79 Å². The number of thiophene rings is 1. The van der Waals surface area contributed by atoms with Crippen LogP contribution in [0.1, 0.15) is 20.8 Å². The normalized spacial score (nSPS) is 11.0. The summed E-state index contributed by atoms with van der Waals surface area (Å²) in [7, 11) is 0. The fourth-order valence-corrected chi connectivity index (χ4v) is 4.00. The Labute approximate surface area is 130 Å². The average molecular weight is 315 g/mol. The maximum Gasteiger partial charge on any atom is 0.345 e. The standard InChI is InChI=1S/C16H13NO2S2/c1-9-3-4-11(5-10(9)2)20-14-7-17-8-15-12(14)6-13(21-15)16(18)19/h3-8H,1-2H3,(H,18,19). The van der Waals surface area contributed by atoms with Gasteiger partial charge in [-0.3, -0.25) is 4.98 Å². The Bertz CT molecular complexity index is 839. The van der Waals surface area contributed by atoms with Gasteiger partial charge in [-0.1, -0.05) is 17.8 Å². The number of aromatic carboxylic acids is 1. The number of aromatic nitrogens is 1. The van der Waals surface area contributed by atoms with E-state index in [1.807, 2.05) is 0 Å². The number of hydrogen-bond acceptors (Lipinski definition) is 4. The van der Waals surface area contributed by atoms with E-state index in [2.05, 4.69) is 37.0 Å². The summed E-state index contributed by atoms with van der Waals surface area (Å²) in [4.78, 5) is 17.8. The number of aryl methyl sites for hydroxylation is 2. The van der Waals surface area contributed by atoms with Gasteiger partial charge in [0.1, 0.15) is 4.88 Å². The van der Waals surface area contributed by atoms with E-state index in [1.54, 1.807) is 30.2 Å². The lowest BCUT2D eigenvalue weighted by molar-refractivity contribution is 0.0702. The first kappa shape index (κ1) is 14.1. The van der Waals surface area contributed by atoms with Crippen LogP contribution in [0.15, 0.2) is 46.5 Å². The molecule has 0 aliphatic carbocycles. The van der Waals surface area contributed by atoms with Gasteiger partial charge >= 0.3 is 5.97 Å². The molecule has 0 bridgehead atoms. The number of benzene rings is 1. The van der Waals surface area contributed by atoms with Gasteiger partial charge in [-0.2, -0.15) is 0 Å². The molecule has 3 rings (SSSR count). The molecule has 0 saturated carbocycles. The lowest BCUT2D eigenvalue weighted by atomic mass is 10.1. The van der Waals surface area contributed by atoms with E-state index in [-0.39, 0.29) is 0 Å². The van der Waals surface area contributed by atoms with Crippen molar-refractivity contribution in [3.05, 3.63) is 52.7 Å². The average Bonchev–Trinajstić information content (AvgIpc) is 2.88. The van der Waals surface area contributed by atoms with E-state index in [9.17, 15) is 4.79 Å². The Morgan fingerprint density at radius 1 is 1.19 bits per heavy atom. The van der Waals surface area contributed by atoms with Crippen LogP contribution in [0.5, 0.6) is 0 Å². The van der Waals surface area contributed by atoms with Gasteiger partial charge in [0, 0.05) is 27.6 Å². The lowest BCUT2D eigenvalue weighted by Crippen LogP contribution is -1.89. The third kappa shape index (κ3) is 2.80. The Balaban J connectivity index is 2.03. The Morgan fingerprint density at radius 3 is 2.71 bits per heavy atom.